The summed E-state index contributed by atoms with van der Waals surface area (Å²) in [4.78, 5) is 76.1. The number of hydrogen-bond donors (Lipinski definition) is 3. The molecular formula is C49H58Cl2F2N10O8. The molecule has 2 aromatic carbocycles. The van der Waals surface area contributed by atoms with E-state index in [9.17, 15) is 37.9 Å². The molecule has 0 bridgehead atoms. The van der Waals surface area contributed by atoms with Crippen LogP contribution in [0.2, 0.25) is 10.0 Å². The summed E-state index contributed by atoms with van der Waals surface area (Å²) in [5.74, 6) is -1.16. The molecule has 2 aliphatic heterocycles. The van der Waals surface area contributed by atoms with E-state index in [2.05, 4.69) is 25.5 Å². The number of hydrogen-bond acceptors (Lipinski definition) is 11. The molecule has 2 saturated heterocycles. The van der Waals surface area contributed by atoms with Crippen LogP contribution in [0.25, 0.3) is 22.1 Å². The Morgan fingerprint density at radius 1 is 0.718 bits per heavy atom. The first-order valence-electron chi connectivity index (χ1n) is 23.1. The number of anilines is 2. The van der Waals surface area contributed by atoms with Gasteiger partial charge in [-0.2, -0.15) is 0 Å². The fraction of sp³-hybridized carbons (Fsp3) is 0.449. The molecule has 0 spiro atoms. The Hall–Kier alpha value is -6.67. The summed E-state index contributed by atoms with van der Waals surface area (Å²) >= 11 is 12.7. The number of aromatic nitrogens is 6. The van der Waals surface area contributed by atoms with Crippen LogP contribution < -0.4 is 31.6 Å². The molecule has 0 aliphatic carbocycles. The molecule has 18 nitrogen and oxygen atoms in total. The van der Waals surface area contributed by atoms with Gasteiger partial charge in [-0.15, -0.1) is 0 Å². The van der Waals surface area contributed by atoms with Gasteiger partial charge in [0.05, 0.1) is 31.3 Å². The van der Waals surface area contributed by atoms with Crippen molar-refractivity contribution < 1.29 is 37.7 Å². The summed E-state index contributed by atoms with van der Waals surface area (Å²) in [6, 6.07) is 9.49. The third-order valence-corrected chi connectivity index (χ3v) is 12.6. The Morgan fingerprint density at radius 3 is 1.72 bits per heavy atom. The quantitative estimate of drug-likeness (QED) is 0.127. The highest BCUT2D eigenvalue weighted by molar-refractivity contribution is 6.31. The number of alkyl carbamates (subject to hydrolysis) is 2. The van der Waals surface area contributed by atoms with Crippen LogP contribution in [0.15, 0.2) is 64.7 Å². The molecule has 8 rings (SSSR count). The molecule has 0 radical (unpaired) electrons. The maximum absolute atomic E-state index is 14.1. The highest BCUT2D eigenvalue weighted by atomic mass is 35.5. The summed E-state index contributed by atoms with van der Waals surface area (Å²) in [6.45, 7) is 12.9. The fourth-order valence-electron chi connectivity index (χ4n) is 8.82. The SMILES string of the molecule is Cn1cnc2c(C(=O)O)c(N3CCC[C@@H](NC(=O)OC(C)(C)C)C3)n(Cc3cc(F)ccc3Cl)c2c1=O.Cn1cnc2cc(N3CCC[C@@H](NC(=O)OC(C)(C)C)C3)n(Cc3cc(F)ccc3Cl)c2c1=O. The zero-order chi connectivity index (χ0) is 51.7. The van der Waals surface area contributed by atoms with E-state index in [-0.39, 0.29) is 64.7 Å². The Morgan fingerprint density at radius 2 is 1.20 bits per heavy atom. The zero-order valence-electron chi connectivity index (χ0n) is 40.8. The largest absolute Gasteiger partial charge is 0.477 e. The summed E-state index contributed by atoms with van der Waals surface area (Å²) < 4.78 is 44.9. The fourth-order valence-corrected chi connectivity index (χ4v) is 9.18. The average Bonchev–Trinajstić information content (AvgIpc) is 3.81. The number of carboxylic acids is 1. The second-order valence-electron chi connectivity index (χ2n) is 19.8. The van der Waals surface area contributed by atoms with Gasteiger partial charge in [-0.1, -0.05) is 23.2 Å². The highest BCUT2D eigenvalue weighted by Gasteiger charge is 2.34. The highest BCUT2D eigenvalue weighted by Crippen LogP contribution is 2.35. The molecule has 2 atom stereocenters. The van der Waals surface area contributed by atoms with Crippen LogP contribution in [0, 0.1) is 11.6 Å². The van der Waals surface area contributed by atoms with Crippen molar-refractivity contribution in [3.63, 3.8) is 0 Å². The van der Waals surface area contributed by atoms with Crippen molar-refractivity contribution >= 4 is 75.1 Å². The van der Waals surface area contributed by atoms with Crippen LogP contribution in [0.5, 0.6) is 0 Å². The van der Waals surface area contributed by atoms with Crippen molar-refractivity contribution in [3.8, 4) is 0 Å². The number of rotatable bonds is 9. The number of nitrogens with one attached hydrogen (secondary N) is 2. The van der Waals surface area contributed by atoms with Gasteiger partial charge < -0.3 is 53.3 Å². The minimum atomic E-state index is -1.26. The summed E-state index contributed by atoms with van der Waals surface area (Å²) in [5.41, 5.74) is -0.0439. The molecule has 3 N–H and O–H groups in total. The van der Waals surface area contributed by atoms with E-state index in [1.807, 2.05) is 36.3 Å². The van der Waals surface area contributed by atoms with Gasteiger partial charge in [0.2, 0.25) is 0 Å². The van der Waals surface area contributed by atoms with Crippen molar-refractivity contribution in [2.24, 2.45) is 14.1 Å². The number of carboxylic acid groups (broad SMARTS) is 1. The van der Waals surface area contributed by atoms with Gasteiger partial charge in [0, 0.05) is 68.5 Å². The molecule has 6 heterocycles. The number of ether oxygens (including phenoxy) is 2. The molecule has 6 aromatic rings. The second-order valence-corrected chi connectivity index (χ2v) is 20.6. The number of piperidine rings is 2. The molecule has 2 fully saturated rings. The van der Waals surface area contributed by atoms with E-state index < -0.39 is 46.6 Å². The van der Waals surface area contributed by atoms with Gasteiger partial charge >= 0.3 is 18.2 Å². The van der Waals surface area contributed by atoms with Crippen LogP contribution in [0.1, 0.15) is 88.7 Å². The van der Waals surface area contributed by atoms with Crippen molar-refractivity contribution in [1.29, 1.82) is 0 Å². The van der Waals surface area contributed by atoms with Gasteiger partial charge in [-0.3, -0.25) is 9.59 Å². The van der Waals surface area contributed by atoms with Gasteiger partial charge in [0.1, 0.15) is 56.6 Å². The maximum atomic E-state index is 14.1. The smallest absolute Gasteiger partial charge is 0.407 e. The first-order chi connectivity index (χ1) is 33.4. The lowest BCUT2D eigenvalue weighted by Crippen LogP contribution is -2.49. The van der Waals surface area contributed by atoms with Crippen molar-refractivity contribution in [1.82, 2.24) is 38.9 Å². The third kappa shape index (κ3) is 12.3. The number of halogens is 4. The summed E-state index contributed by atoms with van der Waals surface area (Å²) in [5, 5.41) is 16.7. The van der Waals surface area contributed by atoms with E-state index in [0.717, 1.165) is 25.2 Å². The third-order valence-electron chi connectivity index (χ3n) is 11.8. The minimum Gasteiger partial charge on any atom is -0.477 e. The second kappa shape index (κ2) is 21.0. The predicted molar refractivity (Wildman–Crippen MR) is 267 cm³/mol. The van der Waals surface area contributed by atoms with Crippen LogP contribution in [-0.2, 0) is 36.7 Å². The molecule has 22 heteroatoms. The van der Waals surface area contributed by atoms with E-state index in [4.69, 9.17) is 32.7 Å². The molecule has 4 aromatic heterocycles. The van der Waals surface area contributed by atoms with Gasteiger partial charge in [0.15, 0.2) is 0 Å². The number of carbonyl (C=O) groups excluding carboxylic acids is 2. The molecule has 71 heavy (non-hydrogen) atoms. The summed E-state index contributed by atoms with van der Waals surface area (Å²) in [6.07, 6.45) is 4.68. The first-order valence-corrected chi connectivity index (χ1v) is 23.9. The maximum Gasteiger partial charge on any atom is 0.407 e. The normalized spacial score (nSPS) is 16.4. The minimum absolute atomic E-state index is 0.0281. The molecule has 2 amide bonds. The van der Waals surface area contributed by atoms with Crippen molar-refractivity contribution in [3.05, 3.63) is 114 Å². The van der Waals surface area contributed by atoms with Crippen molar-refractivity contribution in [2.45, 2.75) is 104 Å². The number of aryl methyl sites for hydroxylation is 2. The molecule has 380 valence electrons. The van der Waals surface area contributed by atoms with Crippen LogP contribution in [0.3, 0.4) is 0 Å². The first kappa shape index (κ1) is 52.2. The number of aromatic carboxylic acids is 1. The standard InChI is InChI=1S/C25H29ClFN5O5.C24H29ClFN5O3/c1-25(2,3)37-24(36)29-16-6-5-9-31(12-16)21-18(23(34)35)19-20(22(33)30(4)13-28-19)32(21)11-14-10-15(27)7-8-17(14)26;1-24(2,3)34-23(33)28-17-6-5-9-30(13-17)20-11-19-21(22(32)29(4)14-27-19)31(20)12-15-10-16(26)7-8-18(15)25/h7-8,10,13,16H,5-6,9,11-12H2,1-4H3,(H,29,36)(H,34,35);7-8,10-11,14,17H,5-6,9,12-13H2,1-4H3,(H,28,33)/t16-;17-/m11/s1. The lowest BCUT2D eigenvalue weighted by Gasteiger charge is -2.36. The van der Waals surface area contributed by atoms with E-state index in [1.54, 1.807) is 27.8 Å². The lowest BCUT2D eigenvalue weighted by molar-refractivity contribution is 0.0488. The monoisotopic (exact) mass is 1020 g/mol. The topological polar surface area (TPSA) is 200 Å². The number of fused-ring (bicyclic) bond motifs is 2. The van der Waals surface area contributed by atoms with Gasteiger partial charge in [-0.25, -0.2) is 33.1 Å². The van der Waals surface area contributed by atoms with Crippen LogP contribution in [0.4, 0.5) is 30.0 Å². The van der Waals surface area contributed by atoms with Gasteiger partial charge in [-0.05, 0) is 115 Å². The van der Waals surface area contributed by atoms with Crippen LogP contribution in [-0.4, -0.2) is 101 Å². The predicted octanol–water partition coefficient (Wildman–Crippen LogP) is 7.84. The number of carbonyl (C=O) groups is 3. The number of benzene rings is 2. The Labute approximate surface area is 418 Å². The average molecular weight is 1020 g/mol. The molecular weight excluding hydrogens is 966 g/mol. The van der Waals surface area contributed by atoms with Gasteiger partial charge in [0.25, 0.3) is 11.1 Å². The lowest BCUT2D eigenvalue weighted by atomic mass is 10.1. The Balaban J connectivity index is 0.000000209. The Bertz CT molecular complexity index is 3120. The van der Waals surface area contributed by atoms with Crippen LogP contribution >= 0.6 is 23.2 Å². The van der Waals surface area contributed by atoms with E-state index in [1.165, 1.54) is 69.8 Å². The number of amides is 2. The zero-order valence-corrected chi connectivity index (χ0v) is 42.3. The van der Waals surface area contributed by atoms with E-state index >= 15 is 0 Å². The summed E-state index contributed by atoms with van der Waals surface area (Å²) in [7, 11) is 3.16. The Kier molecular flexibility index (Phi) is 15.4. The number of nitrogens with zero attached hydrogens (tertiary/aromatic N) is 8. The van der Waals surface area contributed by atoms with Crippen molar-refractivity contribution in [2.75, 3.05) is 36.0 Å². The van der Waals surface area contributed by atoms with E-state index in [0.29, 0.717) is 53.1 Å². The molecule has 2 aliphatic rings. The molecule has 0 unspecified atom stereocenters. The molecule has 0 saturated carbocycles.